The molecule has 6 nitrogen and oxygen atoms in total. The molecule has 0 aliphatic carbocycles. The Morgan fingerprint density at radius 2 is 2.03 bits per heavy atom. The van der Waals surface area contributed by atoms with Crippen molar-refractivity contribution < 1.29 is 13.9 Å². The highest BCUT2D eigenvalue weighted by atomic mass is 79.9. The van der Waals surface area contributed by atoms with E-state index in [-0.39, 0.29) is 18.3 Å². The normalized spacial score (nSPS) is 10.7. The van der Waals surface area contributed by atoms with E-state index in [2.05, 4.69) is 26.3 Å². The fourth-order valence-electron chi connectivity index (χ4n) is 2.84. The number of anilines is 1. The van der Waals surface area contributed by atoms with E-state index in [1.54, 1.807) is 30.5 Å². The quantitative estimate of drug-likeness (QED) is 0.360. The van der Waals surface area contributed by atoms with Gasteiger partial charge in [0.25, 0.3) is 5.91 Å². The number of aromatic nitrogens is 2. The summed E-state index contributed by atoms with van der Waals surface area (Å²) in [7, 11) is 0. The number of hydrogen-bond donors (Lipinski definition) is 1. The smallest absolute Gasteiger partial charge is 0.291 e. The van der Waals surface area contributed by atoms with Crippen molar-refractivity contribution in [1.82, 2.24) is 9.78 Å². The molecule has 4 aromatic rings. The van der Waals surface area contributed by atoms with Crippen LogP contribution in [-0.4, -0.2) is 15.7 Å². The molecular weight excluding hydrogens is 470 g/mol. The van der Waals surface area contributed by atoms with E-state index in [4.69, 9.17) is 20.8 Å². The molecule has 152 valence electrons. The number of halogens is 2. The van der Waals surface area contributed by atoms with Gasteiger partial charge in [-0.2, -0.15) is 5.10 Å². The highest BCUT2D eigenvalue weighted by Gasteiger charge is 2.13. The second-order valence-electron chi connectivity index (χ2n) is 6.50. The van der Waals surface area contributed by atoms with Crippen molar-refractivity contribution in [2.75, 3.05) is 5.32 Å². The average Bonchev–Trinajstić information content (AvgIpc) is 3.37. The Labute approximate surface area is 186 Å². The lowest BCUT2D eigenvalue weighted by Crippen LogP contribution is -2.11. The molecule has 0 saturated carbocycles. The van der Waals surface area contributed by atoms with E-state index in [1.807, 2.05) is 47.3 Å². The van der Waals surface area contributed by atoms with Crippen LogP contribution < -0.4 is 10.1 Å². The molecule has 0 unspecified atom stereocenters. The summed E-state index contributed by atoms with van der Waals surface area (Å²) in [5, 5.41) is 7.61. The van der Waals surface area contributed by atoms with Gasteiger partial charge in [0.2, 0.25) is 0 Å². The van der Waals surface area contributed by atoms with Gasteiger partial charge in [0.05, 0.1) is 22.2 Å². The second kappa shape index (κ2) is 9.19. The van der Waals surface area contributed by atoms with E-state index in [0.717, 1.165) is 10.0 Å². The molecule has 0 aliphatic heterocycles. The maximum atomic E-state index is 12.5. The number of hydrogen-bond acceptors (Lipinski definition) is 4. The molecule has 0 saturated heterocycles. The lowest BCUT2D eigenvalue weighted by Gasteiger charge is -2.07. The average molecular weight is 487 g/mol. The van der Waals surface area contributed by atoms with Crippen LogP contribution in [0, 0.1) is 0 Å². The summed E-state index contributed by atoms with van der Waals surface area (Å²) in [6.45, 7) is 0.769. The first-order valence-corrected chi connectivity index (χ1v) is 10.3. The van der Waals surface area contributed by atoms with Gasteiger partial charge < -0.3 is 14.5 Å². The number of ether oxygens (including phenoxy) is 1. The summed E-state index contributed by atoms with van der Waals surface area (Å²) in [5.74, 6) is 0.952. The molecule has 0 fully saturated rings. The second-order valence-corrected chi connectivity index (χ2v) is 7.82. The highest BCUT2D eigenvalue weighted by molar-refractivity contribution is 9.10. The third-order valence-corrected chi connectivity index (χ3v) is 4.94. The zero-order valence-electron chi connectivity index (χ0n) is 15.7. The minimum atomic E-state index is -0.335. The third-order valence-electron chi connectivity index (χ3n) is 4.22. The monoisotopic (exact) mass is 485 g/mol. The molecule has 2 heterocycles. The van der Waals surface area contributed by atoms with Gasteiger partial charge in [-0.3, -0.25) is 9.48 Å². The number of nitrogens with zero attached hydrogens (tertiary/aromatic N) is 2. The lowest BCUT2D eigenvalue weighted by atomic mass is 10.2. The number of benzene rings is 2. The molecule has 8 heteroatoms. The first-order valence-electron chi connectivity index (χ1n) is 9.11. The summed E-state index contributed by atoms with van der Waals surface area (Å²) in [6, 6.07) is 18.1. The maximum Gasteiger partial charge on any atom is 0.291 e. The van der Waals surface area contributed by atoms with Crippen molar-refractivity contribution in [3.63, 3.8) is 0 Å². The summed E-state index contributed by atoms with van der Waals surface area (Å²) in [5.41, 5.74) is 1.69. The van der Waals surface area contributed by atoms with Crippen molar-refractivity contribution in [3.8, 4) is 5.75 Å². The minimum absolute atomic E-state index is 0.173. The molecule has 30 heavy (non-hydrogen) atoms. The molecule has 0 atom stereocenters. The van der Waals surface area contributed by atoms with Gasteiger partial charge in [0.15, 0.2) is 5.76 Å². The van der Waals surface area contributed by atoms with Crippen LogP contribution in [0.15, 0.2) is 81.9 Å². The Morgan fingerprint density at radius 3 is 2.83 bits per heavy atom. The molecule has 2 aromatic heterocycles. The van der Waals surface area contributed by atoms with Gasteiger partial charge in [-0.1, -0.05) is 35.9 Å². The Morgan fingerprint density at radius 1 is 1.17 bits per heavy atom. The highest BCUT2D eigenvalue weighted by Crippen LogP contribution is 2.24. The van der Waals surface area contributed by atoms with Gasteiger partial charge in [-0.05, 0) is 57.9 Å². The zero-order chi connectivity index (χ0) is 20.9. The van der Waals surface area contributed by atoms with Gasteiger partial charge in [0, 0.05) is 11.9 Å². The molecule has 4 rings (SSSR count). The van der Waals surface area contributed by atoms with Crippen molar-refractivity contribution >= 4 is 39.1 Å². The molecular formula is C22H17BrClN3O3. The fraction of sp³-hybridized carbons (Fsp3) is 0.0909. The molecule has 2 aromatic carbocycles. The summed E-state index contributed by atoms with van der Waals surface area (Å²) >= 11 is 9.46. The first kappa shape index (κ1) is 20.3. The van der Waals surface area contributed by atoms with Crippen LogP contribution in [0.5, 0.6) is 5.75 Å². The van der Waals surface area contributed by atoms with Crippen LogP contribution in [0.2, 0.25) is 5.02 Å². The molecule has 0 bridgehead atoms. The van der Waals surface area contributed by atoms with E-state index < -0.39 is 0 Å². The van der Waals surface area contributed by atoms with Crippen LogP contribution in [0.3, 0.4) is 0 Å². The number of carbonyl (C=O) groups is 1. The molecule has 1 amide bonds. The van der Waals surface area contributed by atoms with Crippen LogP contribution in [0.1, 0.15) is 21.9 Å². The number of carbonyl (C=O) groups excluding carboxylic acids is 1. The molecule has 1 N–H and O–H groups in total. The van der Waals surface area contributed by atoms with Crippen LogP contribution >= 0.6 is 27.5 Å². The van der Waals surface area contributed by atoms with E-state index >= 15 is 0 Å². The summed E-state index contributed by atoms with van der Waals surface area (Å²) < 4.78 is 14.0. The van der Waals surface area contributed by atoms with E-state index in [0.29, 0.717) is 28.8 Å². The molecule has 0 aliphatic rings. The number of nitrogens with one attached hydrogen (secondary N) is 1. The van der Waals surface area contributed by atoms with Gasteiger partial charge >= 0.3 is 0 Å². The number of furan rings is 1. The largest absolute Gasteiger partial charge is 0.484 e. The zero-order valence-corrected chi connectivity index (χ0v) is 18.1. The minimum Gasteiger partial charge on any atom is -0.484 e. The van der Waals surface area contributed by atoms with Gasteiger partial charge in [-0.25, -0.2) is 0 Å². The fourth-order valence-corrected chi connectivity index (χ4v) is 3.36. The van der Waals surface area contributed by atoms with Gasteiger partial charge in [0.1, 0.15) is 18.1 Å². The van der Waals surface area contributed by atoms with Crippen molar-refractivity contribution in [1.29, 1.82) is 0 Å². The Bertz CT molecular complexity index is 1170. The summed E-state index contributed by atoms with van der Waals surface area (Å²) in [6.07, 6.45) is 3.62. The van der Waals surface area contributed by atoms with Gasteiger partial charge in [-0.15, -0.1) is 0 Å². The van der Waals surface area contributed by atoms with E-state index in [1.165, 1.54) is 0 Å². The number of amides is 1. The Hall–Kier alpha value is -3.03. The van der Waals surface area contributed by atoms with Crippen molar-refractivity contribution in [3.05, 3.63) is 99.6 Å². The van der Waals surface area contributed by atoms with Crippen molar-refractivity contribution in [2.24, 2.45) is 0 Å². The number of rotatable bonds is 7. The van der Waals surface area contributed by atoms with Crippen LogP contribution in [0.4, 0.5) is 5.69 Å². The third kappa shape index (κ3) is 5.11. The van der Waals surface area contributed by atoms with E-state index in [9.17, 15) is 4.79 Å². The predicted octanol–water partition coefficient (Wildman–Crippen LogP) is 5.77. The Kier molecular flexibility index (Phi) is 6.21. The molecule has 0 spiro atoms. The topological polar surface area (TPSA) is 69.3 Å². The SMILES string of the molecule is O=C(Nc1cccc(Cn2cc(Br)cn2)c1)c1ccc(COc2ccccc2Cl)o1. The summed E-state index contributed by atoms with van der Waals surface area (Å²) in [4.78, 5) is 12.5. The van der Waals surface area contributed by atoms with Crippen LogP contribution in [0.25, 0.3) is 0 Å². The molecule has 0 radical (unpaired) electrons. The van der Waals surface area contributed by atoms with Crippen molar-refractivity contribution in [2.45, 2.75) is 13.2 Å². The van der Waals surface area contributed by atoms with Crippen LogP contribution in [-0.2, 0) is 13.2 Å². The Balaban J connectivity index is 1.37. The number of para-hydroxylation sites is 1. The standard InChI is InChI=1S/C22H17BrClN3O3/c23-16-11-25-27(13-16)12-15-4-3-5-17(10-15)26-22(28)21-9-8-18(30-21)14-29-20-7-2-1-6-19(20)24/h1-11,13H,12,14H2,(H,26,28). The lowest BCUT2D eigenvalue weighted by molar-refractivity contribution is 0.0992. The maximum absolute atomic E-state index is 12.5. The first-order chi connectivity index (χ1) is 14.6. The predicted molar refractivity (Wildman–Crippen MR) is 118 cm³/mol.